The van der Waals surface area contributed by atoms with Crippen molar-refractivity contribution in [2.24, 2.45) is 0 Å². The van der Waals surface area contributed by atoms with Gasteiger partial charge in [0.15, 0.2) is 27.7 Å². The van der Waals surface area contributed by atoms with Crippen molar-refractivity contribution in [3.63, 3.8) is 0 Å². The van der Waals surface area contributed by atoms with Gasteiger partial charge in [-0.05, 0) is 6.26 Å². The van der Waals surface area contributed by atoms with E-state index in [0.717, 1.165) is 25.2 Å². The number of ether oxygens (including phenoxy) is 4. The van der Waals surface area contributed by atoms with Gasteiger partial charge in [-0.3, -0.25) is 19.2 Å². The molecule has 0 aliphatic heterocycles. The van der Waals surface area contributed by atoms with Gasteiger partial charge in [0.1, 0.15) is 6.61 Å². The summed E-state index contributed by atoms with van der Waals surface area (Å²) in [6.45, 7) is 4.22. The predicted molar refractivity (Wildman–Crippen MR) is 93.9 cm³/mol. The van der Waals surface area contributed by atoms with Gasteiger partial charge in [-0.1, -0.05) is 23.1 Å². The third-order valence-corrected chi connectivity index (χ3v) is 4.83. The first kappa shape index (κ1) is 22.8. The summed E-state index contributed by atoms with van der Waals surface area (Å²) in [5.41, 5.74) is 0. The van der Waals surface area contributed by atoms with Gasteiger partial charge < -0.3 is 18.9 Å². The van der Waals surface area contributed by atoms with Crippen molar-refractivity contribution in [2.45, 2.75) is 50.3 Å². The van der Waals surface area contributed by atoms with E-state index in [9.17, 15) is 19.2 Å². The Morgan fingerprint density at radius 3 is 1.96 bits per heavy atom. The molecule has 150 valence electrons. The normalized spacial score (nSPS) is 13.8. The molecule has 0 N–H and O–H groups in total. The van der Waals surface area contributed by atoms with Gasteiger partial charge in [0.05, 0.1) is 0 Å². The maximum absolute atomic E-state index is 11.6. The third-order valence-electron chi connectivity index (χ3n) is 2.87. The summed E-state index contributed by atoms with van der Waals surface area (Å²) in [5.74, 6) is -2.72. The fourth-order valence-electron chi connectivity index (χ4n) is 1.99. The molecule has 0 saturated carbocycles. The lowest BCUT2D eigenvalue weighted by atomic mass is 10.1. The number of rotatable bonds is 9. The Balaban J connectivity index is 3.30. The van der Waals surface area contributed by atoms with Crippen LogP contribution < -0.4 is 0 Å². The van der Waals surface area contributed by atoms with Crippen LogP contribution in [0.15, 0.2) is 4.34 Å². The lowest BCUT2D eigenvalue weighted by Gasteiger charge is -2.30. The molecule has 0 radical (unpaired) electrons. The fraction of sp³-hybridized carbons (Fsp3) is 0.600. The third kappa shape index (κ3) is 7.91. The van der Waals surface area contributed by atoms with Gasteiger partial charge in [0.25, 0.3) is 0 Å². The molecule has 1 rings (SSSR count). The molecule has 0 aliphatic carbocycles. The quantitative estimate of drug-likeness (QED) is 0.325. The highest BCUT2D eigenvalue weighted by Gasteiger charge is 2.40. The van der Waals surface area contributed by atoms with Gasteiger partial charge in [-0.25, -0.2) is 0 Å². The molecule has 0 saturated heterocycles. The van der Waals surface area contributed by atoms with Crippen LogP contribution in [0.5, 0.6) is 0 Å². The number of thioether (sulfide) groups is 1. The summed E-state index contributed by atoms with van der Waals surface area (Å²) in [6, 6.07) is 0. The van der Waals surface area contributed by atoms with Crippen LogP contribution in [-0.2, 0) is 38.1 Å². The summed E-state index contributed by atoms with van der Waals surface area (Å²) in [6.07, 6.45) is -1.93. The van der Waals surface area contributed by atoms with Crippen LogP contribution in [0, 0.1) is 0 Å². The van der Waals surface area contributed by atoms with E-state index in [4.69, 9.17) is 18.9 Å². The monoisotopic (exact) mass is 420 g/mol. The molecule has 0 amide bonds. The molecule has 12 heteroatoms. The van der Waals surface area contributed by atoms with Crippen LogP contribution in [0.2, 0.25) is 0 Å². The molecular weight excluding hydrogens is 400 g/mol. The lowest BCUT2D eigenvalue weighted by molar-refractivity contribution is -0.190. The Bertz CT molecular complexity index is 693. The van der Waals surface area contributed by atoms with Crippen LogP contribution in [0.1, 0.15) is 38.8 Å². The zero-order valence-corrected chi connectivity index (χ0v) is 17.0. The highest BCUT2D eigenvalue weighted by Crippen LogP contribution is 2.32. The van der Waals surface area contributed by atoms with Crippen molar-refractivity contribution in [1.29, 1.82) is 0 Å². The summed E-state index contributed by atoms with van der Waals surface area (Å²) in [5, 5.41) is 8.12. The molecule has 1 aromatic heterocycles. The molecule has 0 spiro atoms. The highest BCUT2D eigenvalue weighted by molar-refractivity contribution is 8.00. The van der Waals surface area contributed by atoms with Crippen LogP contribution in [-0.4, -0.2) is 59.1 Å². The van der Waals surface area contributed by atoms with Crippen molar-refractivity contribution in [3.05, 3.63) is 5.01 Å². The maximum Gasteiger partial charge on any atom is 0.303 e. The highest BCUT2D eigenvalue weighted by atomic mass is 32.2. The van der Waals surface area contributed by atoms with E-state index in [0.29, 0.717) is 4.34 Å². The first-order chi connectivity index (χ1) is 12.6. The maximum atomic E-state index is 11.6. The molecule has 1 aromatic rings. The zero-order chi connectivity index (χ0) is 20.6. The van der Waals surface area contributed by atoms with Gasteiger partial charge >= 0.3 is 23.9 Å². The summed E-state index contributed by atoms with van der Waals surface area (Å²) in [7, 11) is 0. The Morgan fingerprint density at radius 1 is 0.926 bits per heavy atom. The van der Waals surface area contributed by atoms with Crippen LogP contribution in [0.4, 0.5) is 0 Å². The molecule has 0 unspecified atom stereocenters. The number of nitrogens with zero attached hydrogens (tertiary/aromatic N) is 2. The van der Waals surface area contributed by atoms with Gasteiger partial charge in [-0.15, -0.1) is 10.2 Å². The van der Waals surface area contributed by atoms with E-state index >= 15 is 0 Å². The van der Waals surface area contributed by atoms with E-state index in [1.54, 1.807) is 6.26 Å². The minimum Gasteiger partial charge on any atom is -0.462 e. The van der Waals surface area contributed by atoms with E-state index < -0.39 is 48.8 Å². The second kappa shape index (κ2) is 10.8. The van der Waals surface area contributed by atoms with Crippen molar-refractivity contribution < 1.29 is 38.1 Å². The second-order valence-electron chi connectivity index (χ2n) is 5.16. The van der Waals surface area contributed by atoms with Gasteiger partial charge in [-0.2, -0.15) is 0 Å². The average molecular weight is 420 g/mol. The summed E-state index contributed by atoms with van der Waals surface area (Å²) >= 11 is 2.45. The standard InChI is InChI=1S/C15H20N2O8S2/c1-7(18)22-6-11(23-8(2)19)12(24-9(3)20)13(25-10(4)21)14-16-17-15(26-5)27-14/h11-13H,6H2,1-5H3/t11-,12-,13+/m1/s1. The SMILES string of the molecule is CSc1nnc([C@@H](OC(C)=O)[C@H](OC(C)=O)[C@@H](COC(C)=O)OC(C)=O)s1. The minimum absolute atomic E-state index is 0.237. The molecule has 0 bridgehead atoms. The van der Waals surface area contributed by atoms with E-state index in [1.165, 1.54) is 25.6 Å². The molecule has 0 aliphatic rings. The molecule has 10 nitrogen and oxygen atoms in total. The van der Waals surface area contributed by atoms with E-state index in [2.05, 4.69) is 10.2 Å². The Morgan fingerprint density at radius 2 is 1.52 bits per heavy atom. The summed E-state index contributed by atoms with van der Waals surface area (Å²) in [4.78, 5) is 45.9. The van der Waals surface area contributed by atoms with Crippen molar-refractivity contribution in [2.75, 3.05) is 12.9 Å². The number of aromatic nitrogens is 2. The Hall–Kier alpha value is -2.21. The number of hydrogen-bond acceptors (Lipinski definition) is 12. The Kier molecular flexibility index (Phi) is 9.15. The minimum atomic E-state index is -1.29. The molecule has 27 heavy (non-hydrogen) atoms. The number of carbonyl (C=O) groups is 4. The van der Waals surface area contributed by atoms with Crippen molar-refractivity contribution >= 4 is 47.0 Å². The van der Waals surface area contributed by atoms with Crippen LogP contribution >= 0.6 is 23.1 Å². The first-order valence-electron chi connectivity index (χ1n) is 7.66. The zero-order valence-electron chi connectivity index (χ0n) is 15.4. The molecule has 0 aromatic carbocycles. The smallest absolute Gasteiger partial charge is 0.303 e. The van der Waals surface area contributed by atoms with Gasteiger partial charge in [0.2, 0.25) is 0 Å². The number of hydrogen-bond donors (Lipinski definition) is 0. The van der Waals surface area contributed by atoms with Crippen molar-refractivity contribution in [1.82, 2.24) is 10.2 Å². The van der Waals surface area contributed by atoms with E-state index in [-0.39, 0.29) is 5.01 Å². The number of esters is 4. The topological polar surface area (TPSA) is 131 Å². The average Bonchev–Trinajstić information content (AvgIpc) is 3.02. The van der Waals surface area contributed by atoms with Crippen LogP contribution in [0.3, 0.4) is 0 Å². The summed E-state index contributed by atoms with van der Waals surface area (Å²) < 4.78 is 21.2. The van der Waals surface area contributed by atoms with E-state index in [1.807, 2.05) is 0 Å². The molecular formula is C15H20N2O8S2. The largest absolute Gasteiger partial charge is 0.462 e. The second-order valence-corrected chi connectivity index (χ2v) is 7.23. The molecule has 3 atom stereocenters. The molecule has 0 fully saturated rings. The first-order valence-corrected chi connectivity index (χ1v) is 9.70. The van der Waals surface area contributed by atoms with Crippen LogP contribution in [0.25, 0.3) is 0 Å². The van der Waals surface area contributed by atoms with Gasteiger partial charge in [0, 0.05) is 27.7 Å². The fourth-order valence-corrected chi connectivity index (χ4v) is 3.34. The molecule has 1 heterocycles. The predicted octanol–water partition coefficient (Wildman–Crippen LogP) is 1.29. The Labute approximate surface area is 163 Å². The number of carbonyl (C=O) groups excluding carboxylic acids is 4. The van der Waals surface area contributed by atoms with Crippen molar-refractivity contribution in [3.8, 4) is 0 Å². The lowest BCUT2D eigenvalue weighted by Crippen LogP contribution is -2.43.